The number of nitrogens with two attached hydrogens (primary N) is 1. The van der Waals surface area contributed by atoms with Gasteiger partial charge in [0.15, 0.2) is 0 Å². The summed E-state index contributed by atoms with van der Waals surface area (Å²) in [6.45, 7) is 1.81. The highest BCUT2D eigenvalue weighted by Gasteiger charge is 2.19. The molecule has 0 heterocycles. The Morgan fingerprint density at radius 1 is 1.47 bits per heavy atom. The first-order valence-electron chi connectivity index (χ1n) is 4.45. The van der Waals surface area contributed by atoms with E-state index in [1.807, 2.05) is 0 Å². The lowest BCUT2D eigenvalue weighted by molar-refractivity contribution is 0.0196. The number of halogens is 2. The number of aliphatic hydroxyl groups is 1. The summed E-state index contributed by atoms with van der Waals surface area (Å²) in [6.07, 6.45) is 0. The van der Waals surface area contributed by atoms with E-state index < -0.39 is 5.60 Å². The maximum Gasteiger partial charge on any atom is 0.138 e. The van der Waals surface area contributed by atoms with E-state index in [1.54, 1.807) is 25.1 Å². The topological polar surface area (TPSA) is 55.5 Å². The lowest BCUT2D eigenvalue weighted by Gasteiger charge is -2.21. The summed E-state index contributed by atoms with van der Waals surface area (Å²) >= 11 is 11.6. The van der Waals surface area contributed by atoms with Gasteiger partial charge in [0.2, 0.25) is 0 Å². The second kappa shape index (κ2) is 5.03. The van der Waals surface area contributed by atoms with Crippen LogP contribution in [0.15, 0.2) is 18.2 Å². The molecule has 0 radical (unpaired) electrons. The molecule has 1 aromatic carbocycles. The van der Waals surface area contributed by atoms with E-state index in [-0.39, 0.29) is 13.2 Å². The standard InChI is InChI=1S/C10H13Cl2NO2/c1-10(14,5-13)6-15-9-3-2-7(11)4-8(9)12/h2-4,14H,5-6,13H2,1H3. The van der Waals surface area contributed by atoms with Crippen LogP contribution in [-0.2, 0) is 0 Å². The molecule has 3 nitrogen and oxygen atoms in total. The molecule has 0 saturated carbocycles. The minimum absolute atomic E-state index is 0.0881. The Morgan fingerprint density at radius 2 is 2.13 bits per heavy atom. The highest BCUT2D eigenvalue weighted by molar-refractivity contribution is 6.35. The van der Waals surface area contributed by atoms with Crippen molar-refractivity contribution in [3.05, 3.63) is 28.2 Å². The average molecular weight is 250 g/mol. The first-order chi connectivity index (χ1) is 6.94. The molecule has 0 aromatic heterocycles. The van der Waals surface area contributed by atoms with E-state index in [9.17, 15) is 5.11 Å². The van der Waals surface area contributed by atoms with Crippen LogP contribution in [0.2, 0.25) is 10.0 Å². The summed E-state index contributed by atoms with van der Waals surface area (Å²) in [6, 6.07) is 4.90. The Bertz CT molecular complexity index is 342. The Morgan fingerprint density at radius 3 is 2.67 bits per heavy atom. The fourth-order valence-electron chi connectivity index (χ4n) is 0.884. The van der Waals surface area contributed by atoms with Gasteiger partial charge in [0.1, 0.15) is 18.0 Å². The Balaban J connectivity index is 2.66. The molecule has 0 fully saturated rings. The predicted octanol–water partition coefficient (Wildman–Crippen LogP) is 2.08. The molecule has 5 heteroatoms. The normalized spacial score (nSPS) is 14.7. The Kier molecular flexibility index (Phi) is 4.22. The lowest BCUT2D eigenvalue weighted by Crippen LogP contribution is -2.40. The molecule has 0 bridgehead atoms. The number of rotatable bonds is 4. The molecular formula is C10H13Cl2NO2. The molecule has 1 atom stereocenters. The van der Waals surface area contributed by atoms with Gasteiger partial charge in [-0.1, -0.05) is 23.2 Å². The molecular weight excluding hydrogens is 237 g/mol. The lowest BCUT2D eigenvalue weighted by atomic mass is 10.1. The fourth-order valence-corrected chi connectivity index (χ4v) is 1.35. The highest BCUT2D eigenvalue weighted by Crippen LogP contribution is 2.27. The van der Waals surface area contributed by atoms with Gasteiger partial charge in [-0.05, 0) is 25.1 Å². The maximum absolute atomic E-state index is 9.61. The van der Waals surface area contributed by atoms with Crippen LogP contribution >= 0.6 is 23.2 Å². The Hall–Kier alpha value is -0.480. The van der Waals surface area contributed by atoms with Gasteiger partial charge in [0, 0.05) is 11.6 Å². The SMILES string of the molecule is CC(O)(CN)COc1ccc(Cl)cc1Cl. The molecule has 0 aliphatic heterocycles. The smallest absolute Gasteiger partial charge is 0.138 e. The maximum atomic E-state index is 9.61. The minimum atomic E-state index is -1.05. The van der Waals surface area contributed by atoms with Gasteiger partial charge < -0.3 is 15.6 Å². The molecule has 1 rings (SSSR count). The first-order valence-corrected chi connectivity index (χ1v) is 5.20. The van der Waals surface area contributed by atoms with Crippen LogP contribution in [0.25, 0.3) is 0 Å². The molecule has 0 aliphatic rings. The van der Waals surface area contributed by atoms with E-state index in [0.717, 1.165) is 0 Å². The van der Waals surface area contributed by atoms with Gasteiger partial charge in [0.05, 0.1) is 5.02 Å². The van der Waals surface area contributed by atoms with Crippen molar-refractivity contribution in [2.24, 2.45) is 5.73 Å². The van der Waals surface area contributed by atoms with Crippen molar-refractivity contribution in [2.45, 2.75) is 12.5 Å². The van der Waals surface area contributed by atoms with Crippen molar-refractivity contribution < 1.29 is 9.84 Å². The zero-order valence-corrected chi connectivity index (χ0v) is 9.85. The summed E-state index contributed by atoms with van der Waals surface area (Å²) in [4.78, 5) is 0. The Labute approximate surface area is 98.7 Å². The molecule has 1 aromatic rings. The molecule has 1 unspecified atom stereocenters. The van der Waals surface area contributed by atoms with Crippen LogP contribution < -0.4 is 10.5 Å². The summed E-state index contributed by atoms with van der Waals surface area (Å²) in [5.74, 6) is 0.481. The second-order valence-electron chi connectivity index (χ2n) is 3.56. The minimum Gasteiger partial charge on any atom is -0.489 e. The summed E-state index contributed by atoms with van der Waals surface area (Å²) in [5.41, 5.74) is 4.30. The van der Waals surface area contributed by atoms with E-state index in [0.29, 0.717) is 15.8 Å². The third-order valence-corrected chi connectivity index (χ3v) is 2.40. The van der Waals surface area contributed by atoms with Gasteiger partial charge in [-0.3, -0.25) is 0 Å². The van der Waals surface area contributed by atoms with Crippen LogP contribution in [-0.4, -0.2) is 23.9 Å². The van der Waals surface area contributed by atoms with E-state index in [4.69, 9.17) is 33.7 Å². The average Bonchev–Trinajstić information content (AvgIpc) is 2.16. The fraction of sp³-hybridized carbons (Fsp3) is 0.400. The van der Waals surface area contributed by atoms with Gasteiger partial charge in [0.25, 0.3) is 0 Å². The quantitative estimate of drug-likeness (QED) is 0.860. The summed E-state index contributed by atoms with van der Waals surface area (Å²) in [7, 11) is 0. The molecule has 0 spiro atoms. The predicted molar refractivity (Wildman–Crippen MR) is 61.6 cm³/mol. The van der Waals surface area contributed by atoms with Gasteiger partial charge in [-0.15, -0.1) is 0 Å². The highest BCUT2D eigenvalue weighted by atomic mass is 35.5. The van der Waals surface area contributed by atoms with Gasteiger partial charge >= 0.3 is 0 Å². The molecule has 84 valence electrons. The van der Waals surface area contributed by atoms with Crippen molar-refractivity contribution >= 4 is 23.2 Å². The number of hydrogen-bond donors (Lipinski definition) is 2. The third-order valence-electron chi connectivity index (χ3n) is 1.87. The van der Waals surface area contributed by atoms with Crippen LogP contribution in [0.5, 0.6) is 5.75 Å². The summed E-state index contributed by atoms with van der Waals surface area (Å²) in [5, 5.41) is 10.6. The van der Waals surface area contributed by atoms with Crippen LogP contribution in [0.1, 0.15) is 6.92 Å². The van der Waals surface area contributed by atoms with Crippen molar-refractivity contribution in [3.63, 3.8) is 0 Å². The number of ether oxygens (including phenoxy) is 1. The molecule has 0 saturated heterocycles. The van der Waals surface area contributed by atoms with Crippen molar-refractivity contribution in [2.75, 3.05) is 13.2 Å². The molecule has 15 heavy (non-hydrogen) atoms. The number of hydrogen-bond acceptors (Lipinski definition) is 3. The zero-order valence-electron chi connectivity index (χ0n) is 8.34. The van der Waals surface area contributed by atoms with E-state index in [1.165, 1.54) is 0 Å². The van der Waals surface area contributed by atoms with Gasteiger partial charge in [-0.25, -0.2) is 0 Å². The number of benzene rings is 1. The zero-order chi connectivity index (χ0) is 11.5. The van der Waals surface area contributed by atoms with Crippen molar-refractivity contribution in [1.82, 2.24) is 0 Å². The summed E-state index contributed by atoms with van der Waals surface area (Å²) < 4.78 is 5.33. The molecule has 0 amide bonds. The van der Waals surface area contributed by atoms with Crippen LogP contribution in [0.4, 0.5) is 0 Å². The van der Waals surface area contributed by atoms with Crippen molar-refractivity contribution in [1.29, 1.82) is 0 Å². The molecule has 3 N–H and O–H groups in total. The third kappa shape index (κ3) is 3.87. The van der Waals surface area contributed by atoms with Crippen molar-refractivity contribution in [3.8, 4) is 5.75 Å². The molecule has 0 aliphatic carbocycles. The first kappa shape index (κ1) is 12.6. The van der Waals surface area contributed by atoms with E-state index >= 15 is 0 Å². The monoisotopic (exact) mass is 249 g/mol. The second-order valence-corrected chi connectivity index (χ2v) is 4.41. The van der Waals surface area contributed by atoms with Crippen LogP contribution in [0.3, 0.4) is 0 Å². The van der Waals surface area contributed by atoms with E-state index in [2.05, 4.69) is 0 Å². The largest absolute Gasteiger partial charge is 0.489 e. The van der Waals surface area contributed by atoms with Crippen LogP contribution in [0, 0.1) is 0 Å². The van der Waals surface area contributed by atoms with Gasteiger partial charge in [-0.2, -0.15) is 0 Å².